The number of guanidine groups is 1. The van der Waals surface area contributed by atoms with Gasteiger partial charge < -0.3 is 15.5 Å². The highest BCUT2D eigenvalue weighted by Gasteiger charge is 2.06. The van der Waals surface area contributed by atoms with Crippen LogP contribution in [-0.4, -0.2) is 42.4 Å². The largest absolute Gasteiger partial charge is 0.351 e. The summed E-state index contributed by atoms with van der Waals surface area (Å²) in [7, 11) is 3.45. The van der Waals surface area contributed by atoms with Crippen molar-refractivity contribution in [3.05, 3.63) is 38.5 Å². The Morgan fingerprint density at radius 3 is 2.74 bits per heavy atom. The van der Waals surface area contributed by atoms with Gasteiger partial charge in [-0.1, -0.05) is 6.07 Å². The van der Waals surface area contributed by atoms with E-state index in [0.29, 0.717) is 19.0 Å². The number of amides is 1. The summed E-state index contributed by atoms with van der Waals surface area (Å²) < 4.78 is 0. The Kier molecular flexibility index (Phi) is 6.54. The van der Waals surface area contributed by atoms with Gasteiger partial charge in [-0.2, -0.15) is 0 Å². The van der Waals surface area contributed by atoms with Crippen LogP contribution >= 0.6 is 22.7 Å². The van der Waals surface area contributed by atoms with Gasteiger partial charge in [0.2, 0.25) is 5.91 Å². The monoisotopic (exact) mass is 351 g/mol. The molecule has 0 aliphatic carbocycles. The molecule has 23 heavy (non-hydrogen) atoms. The van der Waals surface area contributed by atoms with E-state index in [4.69, 9.17) is 0 Å². The fraction of sp³-hybridized carbons (Fsp3) is 0.400. The molecule has 2 rings (SSSR count). The van der Waals surface area contributed by atoms with Crippen molar-refractivity contribution in [1.29, 1.82) is 0 Å². The number of carbonyl (C=O) groups is 1. The van der Waals surface area contributed by atoms with Crippen LogP contribution in [0.25, 0.3) is 0 Å². The fourth-order valence-electron chi connectivity index (χ4n) is 1.69. The highest BCUT2D eigenvalue weighted by atomic mass is 32.1. The summed E-state index contributed by atoms with van der Waals surface area (Å²) in [6, 6.07) is 4.07. The van der Waals surface area contributed by atoms with Gasteiger partial charge in [-0.25, -0.2) is 9.98 Å². The maximum absolute atomic E-state index is 11.7. The minimum Gasteiger partial charge on any atom is -0.351 e. The molecule has 0 unspecified atom stereocenters. The Hall–Kier alpha value is -1.93. The molecule has 1 amide bonds. The maximum atomic E-state index is 11.7. The molecule has 0 aliphatic rings. The van der Waals surface area contributed by atoms with Gasteiger partial charge in [-0.05, 0) is 18.4 Å². The quantitative estimate of drug-likeness (QED) is 0.615. The van der Waals surface area contributed by atoms with Gasteiger partial charge in [0.15, 0.2) is 5.96 Å². The van der Waals surface area contributed by atoms with E-state index in [1.165, 1.54) is 14.7 Å². The average molecular weight is 352 g/mol. The fourth-order valence-corrected chi connectivity index (χ4v) is 3.06. The number of likely N-dealkylation sites (N-methyl/N-ethyl adjacent to an activating group) is 1. The second-order valence-electron chi connectivity index (χ2n) is 5.10. The van der Waals surface area contributed by atoms with Crippen molar-refractivity contribution >= 4 is 34.5 Å². The molecule has 0 spiro atoms. The van der Waals surface area contributed by atoms with Gasteiger partial charge in [-0.3, -0.25) is 4.79 Å². The molecule has 0 atom stereocenters. The second-order valence-corrected chi connectivity index (χ2v) is 7.46. The van der Waals surface area contributed by atoms with Crippen LogP contribution < -0.4 is 10.6 Å². The molecule has 0 saturated carbocycles. The average Bonchev–Trinajstić information content (AvgIpc) is 3.17. The Balaban J connectivity index is 1.94. The first-order valence-electron chi connectivity index (χ1n) is 7.20. The smallest absolute Gasteiger partial charge is 0.243 e. The zero-order valence-electron chi connectivity index (χ0n) is 13.5. The Bertz CT molecular complexity index is 649. The number of nitrogens with zero attached hydrogens (tertiary/aromatic N) is 3. The number of aromatic nitrogens is 1. The molecule has 2 aromatic heterocycles. The molecule has 0 saturated heterocycles. The van der Waals surface area contributed by atoms with E-state index < -0.39 is 0 Å². The molecule has 8 heteroatoms. The topological polar surface area (TPSA) is 69.6 Å². The number of hydrogen-bond acceptors (Lipinski definition) is 5. The lowest BCUT2D eigenvalue weighted by molar-refractivity contribution is -0.127. The van der Waals surface area contributed by atoms with Crippen molar-refractivity contribution in [2.75, 3.05) is 20.6 Å². The van der Waals surface area contributed by atoms with E-state index in [1.807, 2.05) is 24.6 Å². The minimum atomic E-state index is -0.0349. The highest BCUT2D eigenvalue weighted by molar-refractivity contribution is 7.11. The van der Waals surface area contributed by atoms with Gasteiger partial charge in [0.1, 0.15) is 11.6 Å². The van der Waals surface area contributed by atoms with Crippen LogP contribution in [-0.2, 0) is 17.9 Å². The van der Waals surface area contributed by atoms with Gasteiger partial charge in [0.05, 0.1) is 13.1 Å². The summed E-state index contributed by atoms with van der Waals surface area (Å²) in [4.78, 5) is 24.3. The first kappa shape index (κ1) is 17.4. The number of aliphatic imine (C=N–C) groups is 1. The number of aryl methyl sites for hydroxylation is 1. The van der Waals surface area contributed by atoms with Crippen molar-refractivity contribution in [3.8, 4) is 0 Å². The Labute approximate surface area is 144 Å². The second kappa shape index (κ2) is 8.64. The van der Waals surface area contributed by atoms with E-state index in [2.05, 4.69) is 26.7 Å². The Morgan fingerprint density at radius 1 is 1.35 bits per heavy atom. The van der Waals surface area contributed by atoms with Crippen LogP contribution in [0.2, 0.25) is 0 Å². The lowest BCUT2D eigenvalue weighted by Gasteiger charge is -2.12. The standard InChI is InChI=1S/C15H21N5OS2/c1-11-7-16-13(23-11)9-18-15(19-10-14(21)20(2)3)17-8-12-5-4-6-22-12/h4-7H,8-10H2,1-3H3,(H2,17,18,19). The maximum Gasteiger partial charge on any atom is 0.243 e. The number of hydrogen-bond donors (Lipinski definition) is 2. The molecule has 0 fully saturated rings. The minimum absolute atomic E-state index is 0.0349. The number of rotatable bonds is 6. The number of thiazole rings is 1. The molecule has 0 aromatic carbocycles. The number of carbonyl (C=O) groups excluding carboxylic acids is 1. The van der Waals surface area contributed by atoms with Crippen LogP contribution in [0.1, 0.15) is 14.8 Å². The number of thiophene rings is 1. The molecule has 0 bridgehead atoms. The highest BCUT2D eigenvalue weighted by Crippen LogP contribution is 2.10. The van der Waals surface area contributed by atoms with Crippen molar-refractivity contribution in [3.63, 3.8) is 0 Å². The first-order valence-corrected chi connectivity index (χ1v) is 8.90. The van der Waals surface area contributed by atoms with Crippen LogP contribution in [0, 0.1) is 6.92 Å². The molecule has 0 aliphatic heterocycles. The third kappa shape index (κ3) is 5.99. The SMILES string of the molecule is Cc1cnc(CNC(=NCC(=O)N(C)C)NCc2cccs2)s1. The first-order chi connectivity index (χ1) is 11.0. The van der Waals surface area contributed by atoms with Gasteiger partial charge in [0, 0.05) is 30.0 Å². The van der Waals surface area contributed by atoms with E-state index in [9.17, 15) is 4.79 Å². The van der Waals surface area contributed by atoms with Crippen molar-refractivity contribution in [2.24, 2.45) is 4.99 Å². The van der Waals surface area contributed by atoms with Crippen molar-refractivity contribution in [1.82, 2.24) is 20.5 Å². The molecule has 2 N–H and O–H groups in total. The molecule has 6 nitrogen and oxygen atoms in total. The summed E-state index contributed by atoms with van der Waals surface area (Å²) in [5.74, 6) is 0.578. The number of nitrogens with one attached hydrogen (secondary N) is 2. The summed E-state index contributed by atoms with van der Waals surface area (Å²) >= 11 is 3.33. The third-order valence-electron chi connectivity index (χ3n) is 2.96. The molecular formula is C15H21N5OS2. The predicted molar refractivity (Wildman–Crippen MR) is 95.8 cm³/mol. The normalized spacial score (nSPS) is 11.3. The van der Waals surface area contributed by atoms with E-state index in [0.717, 1.165) is 5.01 Å². The lowest BCUT2D eigenvalue weighted by atomic mass is 10.4. The van der Waals surface area contributed by atoms with Gasteiger partial charge in [0.25, 0.3) is 0 Å². The van der Waals surface area contributed by atoms with E-state index in [-0.39, 0.29) is 12.5 Å². The van der Waals surface area contributed by atoms with Crippen LogP contribution in [0.5, 0.6) is 0 Å². The summed E-state index contributed by atoms with van der Waals surface area (Å²) in [6.45, 7) is 3.41. The lowest BCUT2D eigenvalue weighted by Crippen LogP contribution is -2.37. The van der Waals surface area contributed by atoms with Crippen LogP contribution in [0.3, 0.4) is 0 Å². The molecule has 124 valence electrons. The van der Waals surface area contributed by atoms with E-state index >= 15 is 0 Å². The van der Waals surface area contributed by atoms with Crippen molar-refractivity contribution < 1.29 is 4.79 Å². The van der Waals surface area contributed by atoms with E-state index in [1.54, 1.807) is 36.8 Å². The van der Waals surface area contributed by atoms with Crippen LogP contribution in [0.15, 0.2) is 28.7 Å². The molecule has 2 heterocycles. The summed E-state index contributed by atoms with van der Waals surface area (Å²) in [5, 5.41) is 9.51. The summed E-state index contributed by atoms with van der Waals surface area (Å²) in [6.07, 6.45) is 1.85. The van der Waals surface area contributed by atoms with Crippen LogP contribution in [0.4, 0.5) is 0 Å². The zero-order chi connectivity index (χ0) is 16.7. The zero-order valence-corrected chi connectivity index (χ0v) is 15.1. The van der Waals surface area contributed by atoms with Gasteiger partial charge in [-0.15, -0.1) is 22.7 Å². The molecule has 2 aromatic rings. The molecule has 0 radical (unpaired) electrons. The predicted octanol–water partition coefficient (Wildman–Crippen LogP) is 1.84. The Morgan fingerprint density at radius 2 is 2.13 bits per heavy atom. The third-order valence-corrected chi connectivity index (χ3v) is 4.75. The van der Waals surface area contributed by atoms with Crippen molar-refractivity contribution in [2.45, 2.75) is 20.0 Å². The summed E-state index contributed by atoms with van der Waals surface area (Å²) in [5.41, 5.74) is 0. The molecular weight excluding hydrogens is 330 g/mol. The van der Waals surface area contributed by atoms with Gasteiger partial charge >= 0.3 is 0 Å².